The lowest BCUT2D eigenvalue weighted by atomic mass is 9.58. The smallest absolute Gasteiger partial charge is 0.315 e. The van der Waals surface area contributed by atoms with Crippen molar-refractivity contribution >= 4 is 5.97 Å². The van der Waals surface area contributed by atoms with Crippen LogP contribution in [0.4, 0.5) is 0 Å². The molecule has 2 aliphatic heterocycles. The van der Waals surface area contributed by atoms with Gasteiger partial charge in [0.1, 0.15) is 5.41 Å². The van der Waals surface area contributed by atoms with Crippen LogP contribution in [0.3, 0.4) is 0 Å². The van der Waals surface area contributed by atoms with Crippen LogP contribution in [0.25, 0.3) is 0 Å². The summed E-state index contributed by atoms with van der Waals surface area (Å²) in [6.07, 6.45) is 1.92. The SMILES string of the molecule is CCCC1(C2(C(=O)O)COC2)COC1. The molecule has 4 nitrogen and oxygen atoms in total. The van der Waals surface area contributed by atoms with E-state index >= 15 is 0 Å². The van der Waals surface area contributed by atoms with Crippen molar-refractivity contribution in [3.63, 3.8) is 0 Å². The highest BCUT2D eigenvalue weighted by atomic mass is 16.5. The summed E-state index contributed by atoms with van der Waals surface area (Å²) in [7, 11) is 0. The van der Waals surface area contributed by atoms with Crippen LogP contribution in [-0.4, -0.2) is 37.5 Å². The number of carboxylic acid groups (broad SMARTS) is 1. The molecule has 80 valence electrons. The third-order valence-electron chi connectivity index (χ3n) is 3.61. The van der Waals surface area contributed by atoms with Crippen LogP contribution in [0, 0.1) is 10.8 Å². The summed E-state index contributed by atoms with van der Waals surface area (Å²) in [5.41, 5.74) is -0.826. The lowest BCUT2D eigenvalue weighted by molar-refractivity contribution is -0.269. The number of rotatable bonds is 4. The fourth-order valence-corrected chi connectivity index (χ4v) is 2.45. The van der Waals surface area contributed by atoms with Crippen LogP contribution < -0.4 is 0 Å². The average Bonchev–Trinajstić information content (AvgIpc) is 1.96. The quantitative estimate of drug-likeness (QED) is 0.732. The molecule has 0 aliphatic carbocycles. The minimum absolute atomic E-state index is 0.161. The van der Waals surface area contributed by atoms with Crippen molar-refractivity contribution in [3.8, 4) is 0 Å². The van der Waals surface area contributed by atoms with Crippen molar-refractivity contribution in [2.45, 2.75) is 19.8 Å². The van der Waals surface area contributed by atoms with E-state index in [9.17, 15) is 9.90 Å². The van der Waals surface area contributed by atoms with E-state index in [1.807, 2.05) is 0 Å². The number of ether oxygens (including phenoxy) is 2. The Kier molecular flexibility index (Phi) is 2.27. The van der Waals surface area contributed by atoms with Gasteiger partial charge >= 0.3 is 5.97 Å². The van der Waals surface area contributed by atoms with E-state index < -0.39 is 11.4 Å². The van der Waals surface area contributed by atoms with Gasteiger partial charge in [-0.2, -0.15) is 0 Å². The standard InChI is InChI=1S/C10H16O4/c1-2-3-9(4-13-5-9)10(8(11)12)6-14-7-10/h2-7H2,1H3,(H,11,12). The number of aliphatic carboxylic acids is 1. The van der Waals surface area contributed by atoms with E-state index in [2.05, 4.69) is 6.92 Å². The van der Waals surface area contributed by atoms with Gasteiger partial charge in [-0.25, -0.2) is 0 Å². The second-order valence-electron chi connectivity index (χ2n) is 4.40. The maximum absolute atomic E-state index is 11.3. The fourth-order valence-electron chi connectivity index (χ4n) is 2.45. The molecular weight excluding hydrogens is 184 g/mol. The molecule has 0 aromatic heterocycles. The first-order valence-corrected chi connectivity index (χ1v) is 5.06. The normalized spacial score (nSPS) is 27.5. The highest BCUT2D eigenvalue weighted by molar-refractivity contribution is 5.77. The van der Waals surface area contributed by atoms with Crippen molar-refractivity contribution in [3.05, 3.63) is 0 Å². The molecule has 2 heterocycles. The first-order valence-electron chi connectivity index (χ1n) is 5.06. The van der Waals surface area contributed by atoms with Gasteiger partial charge in [0, 0.05) is 5.41 Å². The lowest BCUT2D eigenvalue weighted by Crippen LogP contribution is -2.67. The van der Waals surface area contributed by atoms with Crippen molar-refractivity contribution in [2.24, 2.45) is 10.8 Å². The highest BCUT2D eigenvalue weighted by Gasteiger charge is 2.64. The molecule has 4 heteroatoms. The molecule has 2 aliphatic rings. The summed E-state index contributed by atoms with van der Waals surface area (Å²) in [6.45, 7) is 3.94. The van der Waals surface area contributed by atoms with Crippen LogP contribution in [0.15, 0.2) is 0 Å². The number of hydrogen-bond acceptors (Lipinski definition) is 3. The van der Waals surface area contributed by atoms with Crippen LogP contribution in [-0.2, 0) is 14.3 Å². The Morgan fingerprint density at radius 1 is 1.29 bits per heavy atom. The van der Waals surface area contributed by atoms with E-state index in [4.69, 9.17) is 9.47 Å². The van der Waals surface area contributed by atoms with E-state index in [0.29, 0.717) is 26.4 Å². The van der Waals surface area contributed by atoms with Gasteiger partial charge in [0.2, 0.25) is 0 Å². The largest absolute Gasteiger partial charge is 0.481 e. The molecule has 0 aromatic carbocycles. The Hall–Kier alpha value is -0.610. The topological polar surface area (TPSA) is 55.8 Å². The van der Waals surface area contributed by atoms with Crippen LogP contribution in [0.5, 0.6) is 0 Å². The Bertz CT molecular complexity index is 241. The predicted molar refractivity (Wildman–Crippen MR) is 49.0 cm³/mol. The molecule has 1 N–H and O–H groups in total. The zero-order chi connectivity index (χ0) is 10.2. The summed E-state index contributed by atoms with van der Waals surface area (Å²) in [5, 5.41) is 9.28. The van der Waals surface area contributed by atoms with Crippen LogP contribution in [0.1, 0.15) is 19.8 Å². The number of carbonyl (C=O) groups is 1. The monoisotopic (exact) mass is 200 g/mol. The Morgan fingerprint density at radius 2 is 1.86 bits per heavy atom. The minimum Gasteiger partial charge on any atom is -0.481 e. The second kappa shape index (κ2) is 3.21. The van der Waals surface area contributed by atoms with Crippen molar-refractivity contribution in [2.75, 3.05) is 26.4 Å². The second-order valence-corrected chi connectivity index (χ2v) is 4.40. The number of carboxylic acids is 1. The third-order valence-corrected chi connectivity index (χ3v) is 3.61. The molecule has 0 radical (unpaired) electrons. The van der Waals surface area contributed by atoms with E-state index in [0.717, 1.165) is 12.8 Å². The first-order chi connectivity index (χ1) is 6.67. The van der Waals surface area contributed by atoms with Gasteiger partial charge in [-0.05, 0) is 6.42 Å². The molecule has 0 unspecified atom stereocenters. The molecule has 14 heavy (non-hydrogen) atoms. The Labute approximate surface area is 83.2 Å². The zero-order valence-electron chi connectivity index (χ0n) is 8.41. The maximum Gasteiger partial charge on any atom is 0.315 e. The van der Waals surface area contributed by atoms with Crippen molar-refractivity contribution in [1.29, 1.82) is 0 Å². The summed E-state index contributed by atoms with van der Waals surface area (Å²) >= 11 is 0. The molecule has 0 saturated carbocycles. The lowest BCUT2D eigenvalue weighted by Gasteiger charge is -2.56. The van der Waals surface area contributed by atoms with Crippen molar-refractivity contribution < 1.29 is 19.4 Å². The predicted octanol–water partition coefficient (Wildman–Crippen LogP) is 0.904. The van der Waals surface area contributed by atoms with E-state index in [1.54, 1.807) is 0 Å². The zero-order valence-corrected chi connectivity index (χ0v) is 8.41. The van der Waals surface area contributed by atoms with Gasteiger partial charge in [0.05, 0.1) is 26.4 Å². The van der Waals surface area contributed by atoms with Gasteiger partial charge in [-0.1, -0.05) is 13.3 Å². The van der Waals surface area contributed by atoms with Gasteiger partial charge in [0.15, 0.2) is 0 Å². The van der Waals surface area contributed by atoms with Gasteiger partial charge in [-0.3, -0.25) is 4.79 Å². The Balaban J connectivity index is 2.20. The summed E-state index contributed by atoms with van der Waals surface area (Å²) in [6, 6.07) is 0. The molecular formula is C10H16O4. The van der Waals surface area contributed by atoms with Crippen LogP contribution >= 0.6 is 0 Å². The van der Waals surface area contributed by atoms with E-state index in [-0.39, 0.29) is 5.41 Å². The molecule has 0 amide bonds. The minimum atomic E-state index is -0.722. The third kappa shape index (κ3) is 1.04. The number of hydrogen-bond donors (Lipinski definition) is 1. The summed E-state index contributed by atoms with van der Waals surface area (Å²) in [5.74, 6) is -0.722. The van der Waals surface area contributed by atoms with E-state index in [1.165, 1.54) is 0 Å². The average molecular weight is 200 g/mol. The maximum atomic E-state index is 11.3. The van der Waals surface area contributed by atoms with Crippen LogP contribution in [0.2, 0.25) is 0 Å². The summed E-state index contributed by atoms with van der Waals surface area (Å²) < 4.78 is 10.3. The van der Waals surface area contributed by atoms with Crippen molar-refractivity contribution in [1.82, 2.24) is 0 Å². The fraction of sp³-hybridized carbons (Fsp3) is 0.900. The molecule has 2 fully saturated rings. The summed E-state index contributed by atoms with van der Waals surface area (Å²) in [4.78, 5) is 11.3. The Morgan fingerprint density at radius 3 is 2.07 bits per heavy atom. The molecule has 2 saturated heterocycles. The van der Waals surface area contributed by atoms with Gasteiger partial charge < -0.3 is 14.6 Å². The van der Waals surface area contributed by atoms with Gasteiger partial charge in [-0.15, -0.1) is 0 Å². The highest BCUT2D eigenvalue weighted by Crippen LogP contribution is 2.53. The molecule has 2 rings (SSSR count). The first kappa shape index (κ1) is 9.93. The molecule has 0 bridgehead atoms. The molecule has 0 spiro atoms. The molecule has 0 aromatic rings. The molecule has 0 atom stereocenters. The van der Waals surface area contributed by atoms with Gasteiger partial charge in [0.25, 0.3) is 0 Å².